The zero-order valence-corrected chi connectivity index (χ0v) is 17.0. The minimum absolute atomic E-state index is 0.0699. The maximum atomic E-state index is 12.7. The summed E-state index contributed by atoms with van der Waals surface area (Å²) in [5, 5.41) is 8.40. The number of fused-ring (bicyclic) bond motifs is 1. The molecule has 0 aliphatic heterocycles. The standard InChI is InChI=1S/C23H34N2O2/c1-17-14-20-21(25-27-22(20)15-18(17)2)16-23(26)24-19-12-10-8-6-4-3-5-7-9-11-13-19/h14-15,19H,3-13,16H2,1-2H3,(H,24,26). The Bertz CT molecular complexity index is 738. The molecule has 4 heteroatoms. The molecule has 2 aromatic rings. The van der Waals surface area contributed by atoms with Crippen LogP contribution in [0.3, 0.4) is 0 Å². The Morgan fingerprint density at radius 2 is 1.52 bits per heavy atom. The van der Waals surface area contributed by atoms with Crippen LogP contribution >= 0.6 is 0 Å². The molecule has 1 aliphatic carbocycles. The van der Waals surface area contributed by atoms with Gasteiger partial charge in [-0.25, -0.2) is 0 Å². The van der Waals surface area contributed by atoms with Crippen LogP contribution in [0, 0.1) is 13.8 Å². The van der Waals surface area contributed by atoms with Crippen LogP contribution < -0.4 is 5.32 Å². The Labute approximate surface area is 163 Å². The second-order valence-electron chi connectivity index (χ2n) is 8.26. The zero-order chi connectivity index (χ0) is 19.1. The Hall–Kier alpha value is -1.84. The molecule has 27 heavy (non-hydrogen) atoms. The van der Waals surface area contributed by atoms with Gasteiger partial charge in [-0.1, -0.05) is 62.9 Å². The van der Waals surface area contributed by atoms with Gasteiger partial charge in [-0.3, -0.25) is 4.79 Å². The Morgan fingerprint density at radius 3 is 2.15 bits per heavy atom. The monoisotopic (exact) mass is 370 g/mol. The van der Waals surface area contributed by atoms with Gasteiger partial charge in [0.25, 0.3) is 0 Å². The fourth-order valence-corrected chi connectivity index (χ4v) is 4.11. The molecular formula is C23H34N2O2. The molecule has 0 atom stereocenters. The second-order valence-corrected chi connectivity index (χ2v) is 8.26. The van der Waals surface area contributed by atoms with Gasteiger partial charge in [-0.15, -0.1) is 0 Å². The molecule has 0 saturated heterocycles. The Kier molecular flexibility index (Phi) is 7.31. The first-order chi connectivity index (χ1) is 13.1. The van der Waals surface area contributed by atoms with E-state index in [1.807, 2.05) is 6.07 Å². The first-order valence-electron chi connectivity index (χ1n) is 10.8. The quantitative estimate of drug-likeness (QED) is 0.745. The molecule has 0 spiro atoms. The Balaban J connectivity index is 1.59. The summed E-state index contributed by atoms with van der Waals surface area (Å²) >= 11 is 0. The molecule has 1 fully saturated rings. The Morgan fingerprint density at radius 1 is 0.963 bits per heavy atom. The van der Waals surface area contributed by atoms with E-state index < -0.39 is 0 Å². The summed E-state index contributed by atoms with van der Waals surface area (Å²) in [4.78, 5) is 12.7. The minimum Gasteiger partial charge on any atom is -0.356 e. The van der Waals surface area contributed by atoms with Gasteiger partial charge in [0.1, 0.15) is 5.69 Å². The molecular weight excluding hydrogens is 336 g/mol. The smallest absolute Gasteiger partial charge is 0.226 e. The summed E-state index contributed by atoms with van der Waals surface area (Å²) in [5.41, 5.74) is 3.90. The van der Waals surface area contributed by atoms with Crippen LogP contribution in [0.2, 0.25) is 0 Å². The van der Waals surface area contributed by atoms with Crippen LogP contribution in [-0.4, -0.2) is 17.1 Å². The number of amides is 1. The van der Waals surface area contributed by atoms with E-state index in [2.05, 4.69) is 30.4 Å². The fourth-order valence-electron chi connectivity index (χ4n) is 4.11. The highest BCUT2D eigenvalue weighted by Crippen LogP contribution is 2.23. The number of carbonyl (C=O) groups is 1. The molecule has 0 unspecified atom stereocenters. The minimum atomic E-state index is 0.0699. The van der Waals surface area contributed by atoms with Gasteiger partial charge in [-0.05, 0) is 49.9 Å². The van der Waals surface area contributed by atoms with E-state index in [0.717, 1.165) is 29.5 Å². The van der Waals surface area contributed by atoms with Crippen LogP contribution in [0.25, 0.3) is 11.0 Å². The number of hydrogen-bond donors (Lipinski definition) is 1. The van der Waals surface area contributed by atoms with Gasteiger partial charge < -0.3 is 9.84 Å². The van der Waals surface area contributed by atoms with Gasteiger partial charge in [0.2, 0.25) is 5.91 Å². The van der Waals surface area contributed by atoms with Crippen LogP contribution in [0.5, 0.6) is 0 Å². The zero-order valence-electron chi connectivity index (χ0n) is 17.0. The molecule has 1 N–H and O–H groups in total. The molecule has 3 rings (SSSR count). The third kappa shape index (κ3) is 5.82. The summed E-state index contributed by atoms with van der Waals surface area (Å²) < 4.78 is 5.44. The number of hydrogen-bond acceptors (Lipinski definition) is 3. The number of benzene rings is 1. The van der Waals surface area contributed by atoms with Crippen molar-refractivity contribution in [1.29, 1.82) is 0 Å². The lowest BCUT2D eigenvalue weighted by Gasteiger charge is -2.19. The van der Waals surface area contributed by atoms with E-state index in [1.165, 1.54) is 68.9 Å². The normalized spacial score (nSPS) is 18.0. The number of aryl methyl sites for hydroxylation is 2. The van der Waals surface area contributed by atoms with Crippen molar-refractivity contribution in [2.45, 2.75) is 96.9 Å². The molecule has 1 aliphatic rings. The highest BCUT2D eigenvalue weighted by atomic mass is 16.5. The van der Waals surface area contributed by atoms with Crippen LogP contribution in [0.4, 0.5) is 0 Å². The van der Waals surface area contributed by atoms with Crippen molar-refractivity contribution < 1.29 is 9.32 Å². The van der Waals surface area contributed by atoms with Crippen LogP contribution in [0.1, 0.15) is 87.4 Å². The highest BCUT2D eigenvalue weighted by Gasteiger charge is 2.17. The van der Waals surface area contributed by atoms with Crippen LogP contribution in [-0.2, 0) is 11.2 Å². The topological polar surface area (TPSA) is 55.1 Å². The fraction of sp³-hybridized carbons (Fsp3) is 0.652. The molecule has 1 heterocycles. The average Bonchev–Trinajstić information content (AvgIpc) is 2.99. The lowest BCUT2D eigenvalue weighted by molar-refractivity contribution is -0.121. The van der Waals surface area contributed by atoms with E-state index in [1.54, 1.807) is 0 Å². The third-order valence-electron chi connectivity index (χ3n) is 5.96. The van der Waals surface area contributed by atoms with Crippen LogP contribution in [0.15, 0.2) is 16.7 Å². The SMILES string of the molecule is Cc1cc2onc(CC(=O)NC3CCCCCCCCCCC3)c2cc1C. The van der Waals surface area contributed by atoms with Gasteiger partial charge in [0, 0.05) is 11.4 Å². The molecule has 4 nitrogen and oxygen atoms in total. The maximum Gasteiger partial charge on any atom is 0.226 e. The maximum absolute atomic E-state index is 12.7. The van der Waals surface area contributed by atoms with E-state index in [0.29, 0.717) is 12.5 Å². The summed E-state index contributed by atoms with van der Waals surface area (Å²) in [6, 6.07) is 4.39. The van der Waals surface area contributed by atoms with Gasteiger partial charge in [0.05, 0.1) is 6.42 Å². The molecule has 148 valence electrons. The molecule has 0 radical (unpaired) electrons. The second kappa shape index (κ2) is 9.91. The largest absolute Gasteiger partial charge is 0.356 e. The number of nitrogens with one attached hydrogen (secondary N) is 1. The van der Waals surface area contributed by atoms with Crippen molar-refractivity contribution in [3.63, 3.8) is 0 Å². The van der Waals surface area contributed by atoms with Crippen molar-refractivity contribution >= 4 is 16.9 Å². The number of aromatic nitrogens is 1. The lowest BCUT2D eigenvalue weighted by Crippen LogP contribution is -2.36. The van der Waals surface area contributed by atoms with E-state index in [-0.39, 0.29) is 5.91 Å². The van der Waals surface area contributed by atoms with E-state index >= 15 is 0 Å². The predicted molar refractivity (Wildman–Crippen MR) is 110 cm³/mol. The van der Waals surface area contributed by atoms with Crippen molar-refractivity contribution in [1.82, 2.24) is 10.5 Å². The van der Waals surface area contributed by atoms with Gasteiger partial charge >= 0.3 is 0 Å². The van der Waals surface area contributed by atoms with Gasteiger partial charge in [0.15, 0.2) is 5.58 Å². The first kappa shape index (κ1) is 19.9. The van der Waals surface area contributed by atoms with E-state index in [9.17, 15) is 4.79 Å². The van der Waals surface area contributed by atoms with E-state index in [4.69, 9.17) is 4.52 Å². The first-order valence-corrected chi connectivity index (χ1v) is 10.8. The number of nitrogens with zero attached hydrogens (tertiary/aromatic N) is 1. The molecule has 1 saturated carbocycles. The molecule has 1 aromatic heterocycles. The van der Waals surface area contributed by atoms with Crippen molar-refractivity contribution in [2.24, 2.45) is 0 Å². The number of rotatable bonds is 3. The average molecular weight is 371 g/mol. The molecule has 1 amide bonds. The third-order valence-corrected chi connectivity index (χ3v) is 5.96. The molecule has 1 aromatic carbocycles. The van der Waals surface area contributed by atoms with Crippen molar-refractivity contribution in [3.8, 4) is 0 Å². The summed E-state index contributed by atoms with van der Waals surface area (Å²) in [6.45, 7) is 4.14. The molecule has 0 bridgehead atoms. The lowest BCUT2D eigenvalue weighted by atomic mass is 9.97. The number of carbonyl (C=O) groups excluding carboxylic acids is 1. The summed E-state index contributed by atoms with van der Waals surface area (Å²) in [5.74, 6) is 0.0699. The predicted octanol–water partition coefficient (Wildman–Crippen LogP) is 5.78. The summed E-state index contributed by atoms with van der Waals surface area (Å²) in [6.07, 6.45) is 14.3. The summed E-state index contributed by atoms with van der Waals surface area (Å²) in [7, 11) is 0. The van der Waals surface area contributed by atoms with Crippen molar-refractivity contribution in [2.75, 3.05) is 0 Å². The van der Waals surface area contributed by atoms with Gasteiger partial charge in [-0.2, -0.15) is 0 Å². The highest BCUT2D eigenvalue weighted by molar-refractivity contribution is 5.87. The van der Waals surface area contributed by atoms with Crippen molar-refractivity contribution in [3.05, 3.63) is 29.0 Å².